The maximum atomic E-state index is 10.2. The summed E-state index contributed by atoms with van der Waals surface area (Å²) in [5, 5.41) is 18.2. The molecule has 1 aliphatic heterocycles. The molecule has 2 fully saturated rings. The SMILES string of the molecule is CC(NC1CCN(C2CCCCC2O)CC1)c1cnn(C)c1. The molecule has 0 aromatic carbocycles. The Morgan fingerprint density at radius 2 is 1.95 bits per heavy atom. The summed E-state index contributed by atoms with van der Waals surface area (Å²) in [6.45, 7) is 4.44. The Kier molecular flexibility index (Phi) is 5.16. The molecule has 3 unspecified atom stereocenters. The number of rotatable bonds is 4. The first-order valence-electron chi connectivity index (χ1n) is 8.80. The molecule has 2 aliphatic rings. The average molecular weight is 306 g/mol. The molecule has 2 heterocycles. The minimum Gasteiger partial charge on any atom is -0.391 e. The predicted octanol–water partition coefficient (Wildman–Crippen LogP) is 1.84. The van der Waals surface area contributed by atoms with E-state index in [1.54, 1.807) is 0 Å². The number of aliphatic hydroxyl groups is 1. The lowest BCUT2D eigenvalue weighted by molar-refractivity contribution is 0.00671. The summed E-state index contributed by atoms with van der Waals surface area (Å²) in [5.74, 6) is 0. The number of nitrogens with one attached hydrogen (secondary N) is 1. The average Bonchev–Trinajstić information content (AvgIpc) is 2.95. The van der Waals surface area contributed by atoms with Crippen LogP contribution in [0, 0.1) is 0 Å². The minimum absolute atomic E-state index is 0.104. The largest absolute Gasteiger partial charge is 0.391 e. The summed E-state index contributed by atoms with van der Waals surface area (Å²) < 4.78 is 1.86. The highest BCUT2D eigenvalue weighted by molar-refractivity contribution is 5.09. The van der Waals surface area contributed by atoms with Crippen LogP contribution in [-0.2, 0) is 7.05 Å². The van der Waals surface area contributed by atoms with Crippen molar-refractivity contribution < 1.29 is 5.11 Å². The van der Waals surface area contributed by atoms with Crippen LogP contribution >= 0.6 is 0 Å². The molecular formula is C17H30N4O. The summed E-state index contributed by atoms with van der Waals surface area (Å²) in [6, 6.07) is 1.34. The third-order valence-corrected chi connectivity index (χ3v) is 5.40. The van der Waals surface area contributed by atoms with E-state index in [-0.39, 0.29) is 6.10 Å². The maximum Gasteiger partial charge on any atom is 0.0695 e. The third-order valence-electron chi connectivity index (χ3n) is 5.40. The third kappa shape index (κ3) is 3.70. The van der Waals surface area contributed by atoms with Crippen LogP contribution in [0.4, 0.5) is 0 Å². The van der Waals surface area contributed by atoms with Crippen molar-refractivity contribution in [2.24, 2.45) is 7.05 Å². The van der Waals surface area contributed by atoms with Gasteiger partial charge in [0.05, 0.1) is 12.3 Å². The second-order valence-electron chi connectivity index (χ2n) is 7.07. The molecule has 0 spiro atoms. The van der Waals surface area contributed by atoms with Gasteiger partial charge >= 0.3 is 0 Å². The van der Waals surface area contributed by atoms with Crippen LogP contribution in [0.1, 0.15) is 57.1 Å². The van der Waals surface area contributed by atoms with Crippen molar-refractivity contribution in [3.8, 4) is 0 Å². The Morgan fingerprint density at radius 3 is 2.59 bits per heavy atom. The summed E-state index contributed by atoms with van der Waals surface area (Å²) in [5.41, 5.74) is 1.26. The molecule has 0 radical (unpaired) electrons. The smallest absolute Gasteiger partial charge is 0.0695 e. The molecule has 5 heteroatoms. The highest BCUT2D eigenvalue weighted by Crippen LogP contribution is 2.26. The van der Waals surface area contributed by atoms with Crippen molar-refractivity contribution in [2.75, 3.05) is 13.1 Å². The summed E-state index contributed by atoms with van der Waals surface area (Å²) in [6.07, 6.45) is 10.9. The fourth-order valence-corrected chi connectivity index (χ4v) is 4.03. The summed E-state index contributed by atoms with van der Waals surface area (Å²) in [4.78, 5) is 2.52. The molecule has 1 saturated carbocycles. The van der Waals surface area contributed by atoms with Gasteiger partial charge in [-0.3, -0.25) is 9.58 Å². The van der Waals surface area contributed by atoms with E-state index in [0.29, 0.717) is 18.1 Å². The number of aliphatic hydroxyl groups excluding tert-OH is 1. The van der Waals surface area contributed by atoms with Crippen molar-refractivity contribution in [1.82, 2.24) is 20.0 Å². The van der Waals surface area contributed by atoms with E-state index in [2.05, 4.69) is 28.4 Å². The van der Waals surface area contributed by atoms with Gasteiger partial charge in [0.15, 0.2) is 0 Å². The summed E-state index contributed by atoms with van der Waals surface area (Å²) in [7, 11) is 1.96. The van der Waals surface area contributed by atoms with E-state index in [1.807, 2.05) is 17.9 Å². The van der Waals surface area contributed by atoms with Crippen LogP contribution in [-0.4, -0.2) is 51.1 Å². The van der Waals surface area contributed by atoms with Crippen molar-refractivity contribution in [1.29, 1.82) is 0 Å². The topological polar surface area (TPSA) is 53.3 Å². The van der Waals surface area contributed by atoms with Gasteiger partial charge in [-0.15, -0.1) is 0 Å². The van der Waals surface area contributed by atoms with Gasteiger partial charge in [0.2, 0.25) is 0 Å². The standard InChI is InChI=1S/C17H30N4O/c1-13(14-11-18-20(2)12-14)19-15-7-9-21(10-8-15)16-5-3-4-6-17(16)22/h11-13,15-17,19,22H,3-10H2,1-2H3. The van der Waals surface area contributed by atoms with Gasteiger partial charge in [-0.05, 0) is 32.6 Å². The molecular weight excluding hydrogens is 276 g/mol. The first-order valence-corrected chi connectivity index (χ1v) is 8.80. The highest BCUT2D eigenvalue weighted by Gasteiger charge is 2.31. The molecule has 5 nitrogen and oxygen atoms in total. The van der Waals surface area contributed by atoms with Gasteiger partial charge in [0.1, 0.15) is 0 Å². The molecule has 1 aliphatic carbocycles. The van der Waals surface area contributed by atoms with Gasteiger partial charge < -0.3 is 10.4 Å². The van der Waals surface area contributed by atoms with E-state index in [0.717, 1.165) is 19.5 Å². The molecule has 0 amide bonds. The summed E-state index contributed by atoms with van der Waals surface area (Å²) >= 11 is 0. The first kappa shape index (κ1) is 16.0. The van der Waals surface area contributed by atoms with Crippen LogP contribution in [0.3, 0.4) is 0 Å². The Balaban J connectivity index is 1.47. The molecule has 22 heavy (non-hydrogen) atoms. The molecule has 2 N–H and O–H groups in total. The zero-order chi connectivity index (χ0) is 15.5. The number of hydrogen-bond donors (Lipinski definition) is 2. The van der Waals surface area contributed by atoms with Gasteiger partial charge in [0.25, 0.3) is 0 Å². The molecule has 1 saturated heterocycles. The molecule has 1 aromatic heterocycles. The van der Waals surface area contributed by atoms with Crippen LogP contribution in [0.15, 0.2) is 12.4 Å². The number of aromatic nitrogens is 2. The van der Waals surface area contributed by atoms with Gasteiger partial charge in [-0.25, -0.2) is 0 Å². The van der Waals surface area contributed by atoms with Crippen molar-refractivity contribution in [2.45, 2.75) is 69.7 Å². The number of nitrogens with zero attached hydrogens (tertiary/aromatic N) is 3. The zero-order valence-electron chi connectivity index (χ0n) is 13.9. The minimum atomic E-state index is -0.104. The Bertz CT molecular complexity index is 467. The quantitative estimate of drug-likeness (QED) is 0.891. The number of likely N-dealkylation sites (tertiary alicyclic amines) is 1. The van der Waals surface area contributed by atoms with Crippen molar-refractivity contribution >= 4 is 0 Å². The molecule has 1 aromatic rings. The second-order valence-corrected chi connectivity index (χ2v) is 7.07. The predicted molar refractivity (Wildman–Crippen MR) is 87.6 cm³/mol. The zero-order valence-corrected chi connectivity index (χ0v) is 13.9. The van der Waals surface area contributed by atoms with Crippen molar-refractivity contribution in [3.63, 3.8) is 0 Å². The Morgan fingerprint density at radius 1 is 1.23 bits per heavy atom. The molecule has 3 atom stereocenters. The van der Waals surface area contributed by atoms with E-state index in [9.17, 15) is 5.11 Å². The lowest BCUT2D eigenvalue weighted by Gasteiger charge is -2.42. The Labute approximate surface area is 133 Å². The van der Waals surface area contributed by atoms with Crippen LogP contribution in [0.25, 0.3) is 0 Å². The lowest BCUT2D eigenvalue weighted by Crippen LogP contribution is -2.51. The fraction of sp³-hybridized carbons (Fsp3) is 0.824. The molecule has 124 valence electrons. The monoisotopic (exact) mass is 306 g/mol. The normalized spacial score (nSPS) is 29.6. The number of hydrogen-bond acceptors (Lipinski definition) is 4. The van der Waals surface area contributed by atoms with Gasteiger partial charge in [0, 0.05) is 50.0 Å². The number of aryl methyl sites for hydroxylation is 1. The van der Waals surface area contributed by atoms with Crippen LogP contribution in [0.5, 0.6) is 0 Å². The lowest BCUT2D eigenvalue weighted by atomic mass is 9.89. The van der Waals surface area contributed by atoms with E-state index in [1.165, 1.54) is 37.7 Å². The molecule has 0 bridgehead atoms. The van der Waals surface area contributed by atoms with E-state index < -0.39 is 0 Å². The Hall–Kier alpha value is -0.910. The molecule has 3 rings (SSSR count). The van der Waals surface area contributed by atoms with E-state index >= 15 is 0 Å². The maximum absolute atomic E-state index is 10.2. The van der Waals surface area contributed by atoms with Crippen LogP contribution in [0.2, 0.25) is 0 Å². The van der Waals surface area contributed by atoms with Gasteiger partial charge in [-0.2, -0.15) is 5.10 Å². The van der Waals surface area contributed by atoms with Crippen LogP contribution < -0.4 is 5.32 Å². The second kappa shape index (κ2) is 7.11. The fourth-order valence-electron chi connectivity index (χ4n) is 4.03. The van der Waals surface area contributed by atoms with Crippen molar-refractivity contribution in [3.05, 3.63) is 18.0 Å². The number of piperidine rings is 1. The van der Waals surface area contributed by atoms with Gasteiger partial charge in [-0.1, -0.05) is 12.8 Å². The van der Waals surface area contributed by atoms with E-state index in [4.69, 9.17) is 0 Å². The first-order chi connectivity index (χ1) is 10.6. The highest BCUT2D eigenvalue weighted by atomic mass is 16.3.